The number of aromatic amines is 1. The molecular formula is C20H23N3O6. The molecule has 1 aromatic carbocycles. The zero-order chi connectivity index (χ0) is 21.3. The van der Waals surface area contributed by atoms with E-state index in [0.717, 1.165) is 5.52 Å². The molecule has 1 fully saturated rings. The number of phenolic OH excluding ortho intramolecular Hbond substituents is 1. The van der Waals surface area contributed by atoms with E-state index >= 15 is 0 Å². The Balaban J connectivity index is 1.88. The molecule has 2 aromatic rings. The van der Waals surface area contributed by atoms with Crippen LogP contribution >= 0.6 is 0 Å². The van der Waals surface area contributed by atoms with Crippen molar-refractivity contribution in [1.82, 2.24) is 15.6 Å². The lowest BCUT2D eigenvalue weighted by Crippen LogP contribution is -2.48. The third-order valence-corrected chi connectivity index (χ3v) is 4.52. The van der Waals surface area contributed by atoms with Crippen LogP contribution in [0.15, 0.2) is 24.4 Å². The first-order valence-corrected chi connectivity index (χ1v) is 9.19. The number of carbonyl (C=O) groups excluding carboxylic acids is 4. The molecular weight excluding hydrogens is 378 g/mol. The van der Waals surface area contributed by atoms with Crippen LogP contribution in [0.1, 0.15) is 32.8 Å². The summed E-state index contributed by atoms with van der Waals surface area (Å²) < 4.78 is 5.24. The molecule has 1 unspecified atom stereocenters. The van der Waals surface area contributed by atoms with Crippen LogP contribution in [0, 0.1) is 5.92 Å². The molecule has 1 aliphatic rings. The lowest BCUT2D eigenvalue weighted by Gasteiger charge is -2.24. The molecule has 0 aliphatic carbocycles. The van der Waals surface area contributed by atoms with Crippen LogP contribution in [0.25, 0.3) is 10.9 Å². The topological polar surface area (TPSA) is 138 Å². The normalized spacial score (nSPS) is 17.8. The summed E-state index contributed by atoms with van der Waals surface area (Å²) in [5.74, 6) is -2.88. The summed E-state index contributed by atoms with van der Waals surface area (Å²) in [6, 6.07) is 3.67. The number of alkyl carbamates (subject to hydrolysis) is 1. The Bertz CT molecular complexity index is 988. The number of Topliss-reactive ketones (excluding diaryl/α,β-unsaturated/α-hetero) is 1. The Morgan fingerprint density at radius 1 is 1.31 bits per heavy atom. The minimum absolute atomic E-state index is 0.0551. The van der Waals surface area contributed by atoms with Crippen LogP contribution in [0.3, 0.4) is 0 Å². The van der Waals surface area contributed by atoms with Gasteiger partial charge in [0.25, 0.3) is 0 Å². The molecule has 0 radical (unpaired) electrons. The highest BCUT2D eigenvalue weighted by Crippen LogP contribution is 2.25. The number of aromatic hydroxyl groups is 1. The predicted octanol–water partition coefficient (Wildman–Crippen LogP) is 1.54. The second-order valence-electron chi connectivity index (χ2n) is 8.02. The molecule has 9 nitrogen and oxygen atoms in total. The first-order valence-electron chi connectivity index (χ1n) is 9.19. The van der Waals surface area contributed by atoms with E-state index in [2.05, 4.69) is 15.6 Å². The molecule has 2 atom stereocenters. The third-order valence-electron chi connectivity index (χ3n) is 4.52. The number of phenols is 1. The van der Waals surface area contributed by atoms with Gasteiger partial charge in [0.1, 0.15) is 17.3 Å². The van der Waals surface area contributed by atoms with Gasteiger partial charge in [0.15, 0.2) is 5.78 Å². The standard InChI is InChI=1S/C20H23N3O6/c1-20(2,3)29-19(28)22-15(17(26)13-8-16(25)23-18(13)27)6-10-9-21-14-5-4-11(24)7-12(10)14/h4-5,7,9,13,15,21,24H,6,8H2,1-3H3,(H,22,28)(H,23,25,27)/t13?,15-/m0/s1. The van der Waals surface area contributed by atoms with Crippen LogP contribution in [0.4, 0.5) is 4.79 Å². The smallest absolute Gasteiger partial charge is 0.408 e. The summed E-state index contributed by atoms with van der Waals surface area (Å²) in [5, 5.41) is 15.1. The van der Waals surface area contributed by atoms with Gasteiger partial charge in [-0.2, -0.15) is 0 Å². The summed E-state index contributed by atoms with van der Waals surface area (Å²) in [6.07, 6.45) is 0.669. The second kappa shape index (κ2) is 7.57. The molecule has 9 heteroatoms. The minimum Gasteiger partial charge on any atom is -0.508 e. The van der Waals surface area contributed by atoms with Crippen molar-refractivity contribution in [2.24, 2.45) is 5.92 Å². The number of aromatic nitrogens is 1. The Morgan fingerprint density at radius 3 is 2.66 bits per heavy atom. The van der Waals surface area contributed by atoms with Gasteiger partial charge >= 0.3 is 6.09 Å². The van der Waals surface area contributed by atoms with Gasteiger partial charge in [0.05, 0.1) is 6.04 Å². The molecule has 0 spiro atoms. The largest absolute Gasteiger partial charge is 0.508 e. The number of hydrogen-bond acceptors (Lipinski definition) is 6. The van der Waals surface area contributed by atoms with E-state index in [0.29, 0.717) is 10.9 Å². The summed E-state index contributed by atoms with van der Waals surface area (Å²) in [7, 11) is 0. The van der Waals surface area contributed by atoms with Crippen molar-refractivity contribution >= 4 is 34.6 Å². The highest BCUT2D eigenvalue weighted by Gasteiger charge is 2.40. The molecule has 4 N–H and O–H groups in total. The Labute approximate surface area is 166 Å². The number of H-pyrrole nitrogens is 1. The van der Waals surface area contributed by atoms with Gasteiger partial charge in [0.2, 0.25) is 11.8 Å². The maximum Gasteiger partial charge on any atom is 0.408 e. The first-order chi connectivity index (χ1) is 13.5. The number of hydrogen-bond donors (Lipinski definition) is 4. The lowest BCUT2D eigenvalue weighted by molar-refractivity contribution is -0.133. The Hall–Kier alpha value is -3.36. The van der Waals surface area contributed by atoms with Gasteiger partial charge in [-0.05, 0) is 44.5 Å². The van der Waals surface area contributed by atoms with Crippen molar-refractivity contribution in [3.63, 3.8) is 0 Å². The fourth-order valence-corrected chi connectivity index (χ4v) is 3.25. The van der Waals surface area contributed by atoms with Gasteiger partial charge in [-0.3, -0.25) is 19.7 Å². The summed E-state index contributed by atoms with van der Waals surface area (Å²) >= 11 is 0. The van der Waals surface area contributed by atoms with Crippen LogP contribution in [-0.4, -0.2) is 45.4 Å². The molecule has 1 aromatic heterocycles. The average molecular weight is 401 g/mol. The van der Waals surface area contributed by atoms with Crippen LogP contribution in [-0.2, 0) is 25.5 Å². The van der Waals surface area contributed by atoms with E-state index in [1.54, 1.807) is 39.1 Å². The quantitative estimate of drug-likeness (QED) is 0.443. The van der Waals surface area contributed by atoms with Gasteiger partial charge in [-0.1, -0.05) is 0 Å². The van der Waals surface area contributed by atoms with E-state index in [9.17, 15) is 24.3 Å². The molecule has 3 amide bonds. The lowest BCUT2D eigenvalue weighted by atomic mass is 9.92. The second-order valence-corrected chi connectivity index (χ2v) is 8.02. The van der Waals surface area contributed by atoms with Crippen molar-refractivity contribution in [3.05, 3.63) is 30.0 Å². The molecule has 3 rings (SSSR count). The summed E-state index contributed by atoms with van der Waals surface area (Å²) in [4.78, 5) is 51.8. The molecule has 1 aliphatic heterocycles. The monoisotopic (exact) mass is 401 g/mol. The fourth-order valence-electron chi connectivity index (χ4n) is 3.25. The van der Waals surface area contributed by atoms with E-state index in [-0.39, 0.29) is 18.6 Å². The number of amides is 3. The highest BCUT2D eigenvalue weighted by atomic mass is 16.6. The van der Waals surface area contributed by atoms with Crippen molar-refractivity contribution in [1.29, 1.82) is 0 Å². The maximum absolute atomic E-state index is 13.0. The number of nitrogens with one attached hydrogen (secondary N) is 3. The summed E-state index contributed by atoms with van der Waals surface area (Å²) in [6.45, 7) is 5.07. The average Bonchev–Trinajstić information content (AvgIpc) is 3.14. The summed E-state index contributed by atoms with van der Waals surface area (Å²) in [5.41, 5.74) is 0.635. The van der Waals surface area contributed by atoms with Crippen molar-refractivity contribution < 1.29 is 29.0 Å². The number of ketones is 1. The number of ether oxygens (including phenoxy) is 1. The van der Waals surface area contributed by atoms with E-state index in [4.69, 9.17) is 4.74 Å². The van der Waals surface area contributed by atoms with Gasteiger partial charge in [-0.25, -0.2) is 4.79 Å². The number of benzene rings is 1. The van der Waals surface area contributed by atoms with Crippen molar-refractivity contribution in [2.45, 2.75) is 45.3 Å². The highest BCUT2D eigenvalue weighted by molar-refractivity contribution is 6.15. The molecule has 29 heavy (non-hydrogen) atoms. The first kappa shape index (κ1) is 20.4. The predicted molar refractivity (Wildman–Crippen MR) is 103 cm³/mol. The molecule has 154 valence electrons. The number of fused-ring (bicyclic) bond motifs is 1. The zero-order valence-corrected chi connectivity index (χ0v) is 16.4. The molecule has 0 bridgehead atoms. The Kier molecular flexibility index (Phi) is 5.32. The molecule has 1 saturated heterocycles. The van der Waals surface area contributed by atoms with Crippen LogP contribution < -0.4 is 10.6 Å². The van der Waals surface area contributed by atoms with E-state index in [1.165, 1.54) is 6.07 Å². The van der Waals surface area contributed by atoms with Crippen LogP contribution in [0.5, 0.6) is 5.75 Å². The van der Waals surface area contributed by atoms with Crippen molar-refractivity contribution in [3.8, 4) is 5.75 Å². The number of rotatable bonds is 5. The Morgan fingerprint density at radius 2 is 2.03 bits per heavy atom. The van der Waals surface area contributed by atoms with Gasteiger partial charge < -0.3 is 20.1 Å². The molecule has 0 saturated carbocycles. The minimum atomic E-state index is -1.17. The van der Waals surface area contributed by atoms with E-state index in [1.807, 2.05) is 0 Å². The maximum atomic E-state index is 13.0. The fraction of sp³-hybridized carbons (Fsp3) is 0.400. The SMILES string of the molecule is CC(C)(C)OC(=O)N[C@@H](Cc1c[nH]c2ccc(O)cc12)C(=O)C1CC(=O)NC1=O. The van der Waals surface area contributed by atoms with E-state index < -0.39 is 41.3 Å². The zero-order valence-electron chi connectivity index (χ0n) is 16.4. The van der Waals surface area contributed by atoms with Crippen LogP contribution in [0.2, 0.25) is 0 Å². The number of carbonyl (C=O) groups is 4. The number of imide groups is 1. The van der Waals surface area contributed by atoms with Crippen molar-refractivity contribution in [2.75, 3.05) is 0 Å². The van der Waals surface area contributed by atoms with Gasteiger partial charge in [-0.15, -0.1) is 0 Å². The molecule has 2 heterocycles. The van der Waals surface area contributed by atoms with Gasteiger partial charge in [0, 0.05) is 29.9 Å². The third kappa shape index (κ3) is 4.74.